The molecule has 0 bridgehead atoms. The largest absolute Gasteiger partial charge is 0.388 e. The number of pyridine rings is 1. The van der Waals surface area contributed by atoms with Crippen molar-refractivity contribution in [1.82, 2.24) is 15.2 Å². The molecule has 1 fully saturated rings. The maximum atomic E-state index is 13.3. The van der Waals surface area contributed by atoms with Gasteiger partial charge in [0, 0.05) is 31.0 Å². The van der Waals surface area contributed by atoms with Gasteiger partial charge >= 0.3 is 0 Å². The van der Waals surface area contributed by atoms with Gasteiger partial charge in [-0.1, -0.05) is 30.3 Å². The van der Waals surface area contributed by atoms with E-state index in [0.717, 1.165) is 11.1 Å². The zero-order chi connectivity index (χ0) is 21.8. The fourth-order valence-corrected chi connectivity index (χ4v) is 4.23. The van der Waals surface area contributed by atoms with Gasteiger partial charge in [0.1, 0.15) is 5.82 Å². The van der Waals surface area contributed by atoms with Crippen LogP contribution in [-0.4, -0.2) is 39.1 Å². The predicted octanol–water partition coefficient (Wildman–Crippen LogP) is 3.72. The second-order valence-electron chi connectivity index (χ2n) is 8.25. The monoisotopic (exact) mass is 419 g/mol. The highest BCUT2D eigenvalue weighted by Crippen LogP contribution is 2.38. The van der Waals surface area contributed by atoms with Gasteiger partial charge in [-0.15, -0.1) is 0 Å². The third-order valence-corrected chi connectivity index (χ3v) is 5.95. The van der Waals surface area contributed by atoms with Gasteiger partial charge in [0.05, 0.1) is 17.7 Å². The highest BCUT2D eigenvalue weighted by molar-refractivity contribution is 5.94. The van der Waals surface area contributed by atoms with Gasteiger partial charge in [0.2, 0.25) is 0 Å². The van der Waals surface area contributed by atoms with Crippen molar-refractivity contribution in [1.29, 1.82) is 0 Å². The average molecular weight is 420 g/mol. The summed E-state index contributed by atoms with van der Waals surface area (Å²) < 4.78 is 13.3. The maximum absolute atomic E-state index is 13.3. The summed E-state index contributed by atoms with van der Waals surface area (Å²) in [6, 6.07) is 18.5. The van der Waals surface area contributed by atoms with Crippen LogP contribution in [0.3, 0.4) is 0 Å². The third-order valence-electron chi connectivity index (χ3n) is 5.95. The van der Waals surface area contributed by atoms with Crippen molar-refractivity contribution in [2.24, 2.45) is 0 Å². The number of halogens is 1. The van der Waals surface area contributed by atoms with Gasteiger partial charge in [-0.3, -0.25) is 14.7 Å². The molecule has 1 aliphatic heterocycles. The Bertz CT molecular complexity index is 1010. The van der Waals surface area contributed by atoms with E-state index in [4.69, 9.17) is 0 Å². The van der Waals surface area contributed by atoms with Crippen LogP contribution in [-0.2, 0) is 6.54 Å². The minimum absolute atomic E-state index is 0.234. The first-order chi connectivity index (χ1) is 14.9. The molecule has 1 amide bonds. The standard InChI is InChI=1S/C25H26FN3O2/c1-25(31)13-16-29(17-18-11-14-27-15-12-18)22(19-5-3-2-4-6-19)23(25)28-24(30)20-7-9-21(26)10-8-20/h2-12,14-15,22-23,31H,13,16-17H2,1H3,(H,28,30). The summed E-state index contributed by atoms with van der Waals surface area (Å²) in [5, 5.41) is 14.3. The van der Waals surface area contributed by atoms with E-state index in [1.807, 2.05) is 42.5 Å². The van der Waals surface area contributed by atoms with Crippen molar-refractivity contribution in [2.45, 2.75) is 37.6 Å². The summed E-state index contributed by atoms with van der Waals surface area (Å²) in [4.78, 5) is 19.3. The van der Waals surface area contributed by atoms with Crippen LogP contribution in [0, 0.1) is 5.82 Å². The molecule has 1 saturated heterocycles. The molecular weight excluding hydrogens is 393 g/mol. The van der Waals surface area contributed by atoms with Gasteiger partial charge in [-0.25, -0.2) is 4.39 Å². The number of aliphatic hydroxyl groups is 1. The number of rotatable bonds is 5. The summed E-state index contributed by atoms with van der Waals surface area (Å²) >= 11 is 0. The number of carbonyl (C=O) groups is 1. The van der Waals surface area contributed by atoms with Crippen LogP contribution in [0.4, 0.5) is 4.39 Å². The van der Waals surface area contributed by atoms with Crippen molar-refractivity contribution in [2.75, 3.05) is 6.54 Å². The van der Waals surface area contributed by atoms with Gasteiger partial charge in [0.15, 0.2) is 0 Å². The number of piperidine rings is 1. The molecule has 4 rings (SSSR count). The zero-order valence-electron chi connectivity index (χ0n) is 17.4. The van der Waals surface area contributed by atoms with Crippen LogP contribution in [0.25, 0.3) is 0 Å². The molecule has 2 aromatic carbocycles. The average Bonchev–Trinajstić information content (AvgIpc) is 2.78. The third kappa shape index (κ3) is 4.81. The second-order valence-corrected chi connectivity index (χ2v) is 8.25. The Kier molecular flexibility index (Phi) is 6.11. The number of nitrogens with zero attached hydrogens (tertiary/aromatic N) is 2. The molecule has 31 heavy (non-hydrogen) atoms. The number of benzene rings is 2. The lowest BCUT2D eigenvalue weighted by Crippen LogP contribution is -2.62. The van der Waals surface area contributed by atoms with Gasteiger partial charge in [-0.2, -0.15) is 0 Å². The lowest BCUT2D eigenvalue weighted by Gasteiger charge is -2.49. The molecule has 2 heterocycles. The molecule has 0 radical (unpaired) electrons. The molecule has 3 aromatic rings. The van der Waals surface area contributed by atoms with E-state index in [1.54, 1.807) is 19.3 Å². The van der Waals surface area contributed by atoms with Crippen molar-refractivity contribution in [3.05, 3.63) is 102 Å². The molecular formula is C25H26FN3O2. The number of likely N-dealkylation sites (tertiary alicyclic amines) is 1. The Morgan fingerprint density at radius 1 is 1.13 bits per heavy atom. The number of nitrogens with one attached hydrogen (secondary N) is 1. The summed E-state index contributed by atoms with van der Waals surface area (Å²) in [5.74, 6) is -0.733. The molecule has 2 N–H and O–H groups in total. The lowest BCUT2D eigenvalue weighted by atomic mass is 9.79. The summed E-state index contributed by atoms with van der Waals surface area (Å²) in [6.45, 7) is 3.11. The summed E-state index contributed by atoms with van der Waals surface area (Å²) in [6.07, 6.45) is 4.04. The first kappa shape index (κ1) is 21.2. The van der Waals surface area contributed by atoms with Crippen LogP contribution in [0.2, 0.25) is 0 Å². The second kappa shape index (κ2) is 8.96. The summed E-state index contributed by atoms with van der Waals surface area (Å²) in [7, 11) is 0. The SMILES string of the molecule is CC1(O)CCN(Cc2ccncc2)C(c2ccccc2)C1NC(=O)c1ccc(F)cc1. The van der Waals surface area contributed by atoms with Crippen molar-refractivity contribution < 1.29 is 14.3 Å². The van der Waals surface area contributed by atoms with Crippen molar-refractivity contribution >= 4 is 5.91 Å². The van der Waals surface area contributed by atoms with Gasteiger partial charge in [0.25, 0.3) is 5.91 Å². The normalized spacial score (nSPS) is 24.0. The Balaban J connectivity index is 1.67. The Morgan fingerprint density at radius 3 is 2.48 bits per heavy atom. The molecule has 0 saturated carbocycles. The van der Waals surface area contributed by atoms with Crippen LogP contribution >= 0.6 is 0 Å². The first-order valence-corrected chi connectivity index (χ1v) is 10.4. The Morgan fingerprint density at radius 2 is 1.81 bits per heavy atom. The molecule has 0 spiro atoms. The fraction of sp³-hybridized carbons (Fsp3) is 0.280. The lowest BCUT2D eigenvalue weighted by molar-refractivity contribution is -0.0665. The molecule has 6 heteroatoms. The van der Waals surface area contributed by atoms with E-state index >= 15 is 0 Å². The molecule has 3 unspecified atom stereocenters. The van der Waals surface area contributed by atoms with E-state index in [0.29, 0.717) is 25.1 Å². The molecule has 160 valence electrons. The van der Waals surface area contributed by atoms with Crippen molar-refractivity contribution in [3.63, 3.8) is 0 Å². The van der Waals surface area contributed by atoms with Crippen LogP contribution in [0.5, 0.6) is 0 Å². The number of carbonyl (C=O) groups excluding carboxylic acids is 1. The highest BCUT2D eigenvalue weighted by Gasteiger charge is 2.46. The van der Waals surface area contributed by atoms with Crippen LogP contribution in [0.15, 0.2) is 79.1 Å². The summed E-state index contributed by atoms with van der Waals surface area (Å²) in [5.41, 5.74) is 1.38. The Hall–Kier alpha value is -3.09. The quantitative estimate of drug-likeness (QED) is 0.662. The van der Waals surface area contributed by atoms with E-state index in [2.05, 4.69) is 15.2 Å². The van der Waals surface area contributed by atoms with Crippen LogP contribution < -0.4 is 5.32 Å². The number of hydrogen-bond donors (Lipinski definition) is 2. The number of amides is 1. The molecule has 1 aliphatic rings. The van der Waals surface area contributed by atoms with Crippen LogP contribution in [0.1, 0.15) is 40.9 Å². The minimum Gasteiger partial charge on any atom is -0.388 e. The van der Waals surface area contributed by atoms with E-state index in [1.165, 1.54) is 24.3 Å². The fourth-order valence-electron chi connectivity index (χ4n) is 4.23. The number of aromatic nitrogens is 1. The molecule has 3 atom stereocenters. The molecule has 1 aromatic heterocycles. The van der Waals surface area contributed by atoms with E-state index in [9.17, 15) is 14.3 Å². The topological polar surface area (TPSA) is 65.5 Å². The maximum Gasteiger partial charge on any atom is 0.251 e. The van der Waals surface area contributed by atoms with E-state index in [-0.39, 0.29) is 11.9 Å². The van der Waals surface area contributed by atoms with Crippen molar-refractivity contribution in [3.8, 4) is 0 Å². The van der Waals surface area contributed by atoms with E-state index < -0.39 is 17.5 Å². The number of hydrogen-bond acceptors (Lipinski definition) is 4. The van der Waals surface area contributed by atoms with Gasteiger partial charge in [-0.05, 0) is 60.9 Å². The highest BCUT2D eigenvalue weighted by atomic mass is 19.1. The minimum atomic E-state index is -1.11. The first-order valence-electron chi connectivity index (χ1n) is 10.4. The Labute approximate surface area is 181 Å². The van der Waals surface area contributed by atoms with Gasteiger partial charge < -0.3 is 10.4 Å². The smallest absolute Gasteiger partial charge is 0.251 e. The predicted molar refractivity (Wildman–Crippen MR) is 117 cm³/mol. The molecule has 5 nitrogen and oxygen atoms in total. The molecule has 0 aliphatic carbocycles. The zero-order valence-corrected chi connectivity index (χ0v) is 17.4.